The average Bonchev–Trinajstić information content (AvgIpc) is 2.44. The molecule has 1 aromatic rings. The highest BCUT2D eigenvalue weighted by Crippen LogP contribution is 2.26. The highest BCUT2D eigenvalue weighted by atomic mass is 79.9. The van der Waals surface area contributed by atoms with Crippen molar-refractivity contribution in [2.24, 2.45) is 11.7 Å². The Morgan fingerprint density at radius 3 is 2.48 bits per heavy atom. The lowest BCUT2D eigenvalue weighted by Gasteiger charge is -2.39. The van der Waals surface area contributed by atoms with Crippen molar-refractivity contribution < 1.29 is 4.39 Å². The highest BCUT2D eigenvalue weighted by molar-refractivity contribution is 9.10. The molecule has 1 heterocycles. The maximum absolute atomic E-state index is 14.1. The normalized spacial score (nSPS) is 19.1. The largest absolute Gasteiger partial charge is 0.329 e. The third-order valence-electron chi connectivity index (χ3n) is 4.01. The van der Waals surface area contributed by atoms with Gasteiger partial charge in [0.05, 0.1) is 6.04 Å². The SMILES string of the molecule is CC(C)CN1CCN(C(CN)c2cc(Br)ccc2F)CC1. The van der Waals surface area contributed by atoms with Gasteiger partial charge in [0.1, 0.15) is 5.82 Å². The molecule has 1 aromatic carbocycles. The smallest absolute Gasteiger partial charge is 0.128 e. The Hall–Kier alpha value is -0.490. The van der Waals surface area contributed by atoms with Gasteiger partial charge in [0.2, 0.25) is 0 Å². The van der Waals surface area contributed by atoms with E-state index in [-0.39, 0.29) is 11.9 Å². The monoisotopic (exact) mass is 357 g/mol. The zero-order chi connectivity index (χ0) is 15.4. The summed E-state index contributed by atoms with van der Waals surface area (Å²) in [7, 11) is 0. The van der Waals surface area contributed by atoms with Gasteiger partial charge < -0.3 is 10.6 Å². The van der Waals surface area contributed by atoms with E-state index in [1.54, 1.807) is 6.07 Å². The molecule has 1 atom stereocenters. The standard InChI is InChI=1S/C16H25BrFN3/c1-12(2)11-20-5-7-21(8-6-20)16(10-19)14-9-13(17)3-4-15(14)18/h3-4,9,12,16H,5-8,10-11,19H2,1-2H3. The highest BCUT2D eigenvalue weighted by Gasteiger charge is 2.26. The molecule has 1 saturated heterocycles. The molecule has 1 fully saturated rings. The minimum absolute atomic E-state index is 0.0382. The quantitative estimate of drug-likeness (QED) is 0.879. The van der Waals surface area contributed by atoms with Crippen LogP contribution in [0.15, 0.2) is 22.7 Å². The second-order valence-electron chi connectivity index (χ2n) is 6.15. The first-order valence-electron chi connectivity index (χ1n) is 7.62. The summed E-state index contributed by atoms with van der Waals surface area (Å²) in [5.74, 6) is 0.516. The van der Waals surface area contributed by atoms with Crippen LogP contribution in [0.25, 0.3) is 0 Å². The van der Waals surface area contributed by atoms with Crippen molar-refractivity contribution in [3.8, 4) is 0 Å². The van der Waals surface area contributed by atoms with Gasteiger partial charge in [-0.2, -0.15) is 0 Å². The lowest BCUT2D eigenvalue weighted by molar-refractivity contribution is 0.0899. The number of benzene rings is 1. The van der Waals surface area contributed by atoms with Gasteiger partial charge in [-0.15, -0.1) is 0 Å². The Kier molecular flexibility index (Phi) is 6.17. The molecule has 2 rings (SSSR count). The van der Waals surface area contributed by atoms with Crippen LogP contribution in [0.5, 0.6) is 0 Å². The van der Waals surface area contributed by atoms with E-state index >= 15 is 0 Å². The molecule has 0 saturated carbocycles. The molecule has 5 heteroatoms. The molecule has 118 valence electrons. The van der Waals surface area contributed by atoms with E-state index in [9.17, 15) is 4.39 Å². The van der Waals surface area contributed by atoms with E-state index in [2.05, 4.69) is 39.6 Å². The first kappa shape index (κ1) is 16.9. The lowest BCUT2D eigenvalue weighted by atomic mass is 10.0. The Bertz CT molecular complexity index is 459. The summed E-state index contributed by atoms with van der Waals surface area (Å²) in [6, 6.07) is 5.06. The number of hydrogen-bond acceptors (Lipinski definition) is 3. The minimum atomic E-state index is -0.168. The van der Waals surface area contributed by atoms with Crippen LogP contribution in [-0.2, 0) is 0 Å². The third kappa shape index (κ3) is 4.49. The maximum atomic E-state index is 14.1. The van der Waals surface area contributed by atoms with Crippen molar-refractivity contribution in [1.82, 2.24) is 9.80 Å². The third-order valence-corrected chi connectivity index (χ3v) is 4.50. The molecule has 0 radical (unpaired) electrons. The Morgan fingerprint density at radius 1 is 1.24 bits per heavy atom. The number of nitrogens with two attached hydrogens (primary N) is 1. The fourth-order valence-electron chi connectivity index (χ4n) is 3.02. The Morgan fingerprint density at radius 2 is 1.90 bits per heavy atom. The molecule has 21 heavy (non-hydrogen) atoms. The molecular formula is C16H25BrFN3. The lowest BCUT2D eigenvalue weighted by Crippen LogP contribution is -2.49. The Labute approximate surface area is 135 Å². The van der Waals surface area contributed by atoms with Gasteiger partial charge in [-0.25, -0.2) is 4.39 Å². The molecule has 1 aliphatic rings. The average molecular weight is 358 g/mol. The number of hydrogen-bond donors (Lipinski definition) is 1. The van der Waals surface area contributed by atoms with Crippen LogP contribution in [-0.4, -0.2) is 49.1 Å². The van der Waals surface area contributed by atoms with Crippen molar-refractivity contribution in [1.29, 1.82) is 0 Å². The molecule has 3 nitrogen and oxygen atoms in total. The molecule has 0 aliphatic carbocycles. The second kappa shape index (κ2) is 7.68. The molecule has 1 unspecified atom stereocenters. The number of rotatable bonds is 5. The van der Waals surface area contributed by atoms with Gasteiger partial charge >= 0.3 is 0 Å². The van der Waals surface area contributed by atoms with Gasteiger partial charge in [-0.1, -0.05) is 29.8 Å². The summed E-state index contributed by atoms with van der Waals surface area (Å²) >= 11 is 3.42. The van der Waals surface area contributed by atoms with Gasteiger partial charge in [0, 0.05) is 49.3 Å². The fraction of sp³-hybridized carbons (Fsp3) is 0.625. The first-order valence-corrected chi connectivity index (χ1v) is 8.42. The molecule has 0 aromatic heterocycles. The van der Waals surface area contributed by atoms with E-state index in [1.807, 2.05) is 6.07 Å². The van der Waals surface area contributed by atoms with Gasteiger partial charge in [-0.05, 0) is 24.1 Å². The van der Waals surface area contributed by atoms with E-state index in [1.165, 1.54) is 6.07 Å². The molecular weight excluding hydrogens is 333 g/mol. The van der Waals surface area contributed by atoms with Crippen molar-refractivity contribution in [2.45, 2.75) is 19.9 Å². The summed E-state index contributed by atoms with van der Waals surface area (Å²) in [5, 5.41) is 0. The van der Waals surface area contributed by atoms with E-state index in [0.29, 0.717) is 18.0 Å². The van der Waals surface area contributed by atoms with Crippen LogP contribution >= 0.6 is 15.9 Å². The van der Waals surface area contributed by atoms with Crippen LogP contribution in [0.1, 0.15) is 25.5 Å². The van der Waals surface area contributed by atoms with Crippen molar-refractivity contribution in [3.05, 3.63) is 34.1 Å². The van der Waals surface area contributed by atoms with Crippen LogP contribution in [0.4, 0.5) is 4.39 Å². The van der Waals surface area contributed by atoms with Gasteiger partial charge in [-0.3, -0.25) is 4.90 Å². The van der Waals surface area contributed by atoms with Crippen LogP contribution in [0, 0.1) is 11.7 Å². The molecule has 1 aliphatic heterocycles. The summed E-state index contributed by atoms with van der Waals surface area (Å²) in [6.07, 6.45) is 0. The minimum Gasteiger partial charge on any atom is -0.329 e. The van der Waals surface area contributed by atoms with E-state index in [4.69, 9.17) is 5.73 Å². The first-order chi connectivity index (χ1) is 10.0. The molecule has 0 bridgehead atoms. The summed E-state index contributed by atoms with van der Waals surface area (Å²) in [5.41, 5.74) is 6.63. The summed E-state index contributed by atoms with van der Waals surface area (Å²) in [6.45, 7) is 10.0. The number of halogens is 2. The zero-order valence-electron chi connectivity index (χ0n) is 12.9. The molecule has 2 N–H and O–H groups in total. The van der Waals surface area contributed by atoms with Crippen molar-refractivity contribution in [2.75, 3.05) is 39.3 Å². The van der Waals surface area contributed by atoms with Gasteiger partial charge in [0.15, 0.2) is 0 Å². The second-order valence-corrected chi connectivity index (χ2v) is 7.06. The predicted octanol–water partition coefficient (Wildman–Crippen LogP) is 2.86. The Balaban J connectivity index is 2.04. The van der Waals surface area contributed by atoms with Crippen molar-refractivity contribution >= 4 is 15.9 Å². The van der Waals surface area contributed by atoms with Crippen LogP contribution < -0.4 is 5.73 Å². The van der Waals surface area contributed by atoms with Gasteiger partial charge in [0.25, 0.3) is 0 Å². The van der Waals surface area contributed by atoms with Crippen LogP contribution in [0.2, 0.25) is 0 Å². The molecule has 0 spiro atoms. The molecule has 0 amide bonds. The van der Waals surface area contributed by atoms with E-state index in [0.717, 1.165) is 37.2 Å². The van der Waals surface area contributed by atoms with Crippen molar-refractivity contribution in [3.63, 3.8) is 0 Å². The topological polar surface area (TPSA) is 32.5 Å². The number of nitrogens with zero attached hydrogens (tertiary/aromatic N) is 2. The van der Waals surface area contributed by atoms with E-state index < -0.39 is 0 Å². The predicted molar refractivity (Wildman–Crippen MR) is 88.7 cm³/mol. The summed E-state index contributed by atoms with van der Waals surface area (Å²) < 4.78 is 15.0. The van der Waals surface area contributed by atoms with Crippen LogP contribution in [0.3, 0.4) is 0 Å². The zero-order valence-corrected chi connectivity index (χ0v) is 14.4. The number of piperazine rings is 1. The maximum Gasteiger partial charge on any atom is 0.128 e. The fourth-order valence-corrected chi connectivity index (χ4v) is 3.40. The summed E-state index contributed by atoms with van der Waals surface area (Å²) in [4.78, 5) is 4.79.